The summed E-state index contributed by atoms with van der Waals surface area (Å²) < 4.78 is 2.26. The number of aromatic nitrogens is 3. The van der Waals surface area contributed by atoms with Crippen LogP contribution in [0.4, 0.5) is 5.95 Å². The van der Waals surface area contributed by atoms with E-state index in [-0.39, 0.29) is 0 Å². The van der Waals surface area contributed by atoms with E-state index in [1.807, 2.05) is 20.0 Å². The van der Waals surface area contributed by atoms with Crippen molar-refractivity contribution in [1.29, 1.82) is 0 Å². The number of aryl methyl sites for hydroxylation is 1. The number of anilines is 1. The average Bonchev–Trinajstić information content (AvgIpc) is 2.78. The monoisotopic (exact) mass is 258 g/mol. The van der Waals surface area contributed by atoms with E-state index in [1.54, 1.807) is 0 Å². The van der Waals surface area contributed by atoms with Crippen molar-refractivity contribution in [2.75, 3.05) is 12.4 Å². The number of nitrogens with zero attached hydrogens (tertiary/aromatic N) is 3. The molecule has 0 aliphatic heterocycles. The SMILES string of the molecule is CNc1nc2ccc(C)nc2n1CC1CCCCC1. The van der Waals surface area contributed by atoms with Crippen LogP contribution in [-0.4, -0.2) is 21.6 Å². The third kappa shape index (κ3) is 2.44. The van der Waals surface area contributed by atoms with E-state index in [9.17, 15) is 0 Å². The van der Waals surface area contributed by atoms with Gasteiger partial charge in [0.15, 0.2) is 5.65 Å². The highest BCUT2D eigenvalue weighted by atomic mass is 15.2. The highest BCUT2D eigenvalue weighted by Crippen LogP contribution is 2.28. The van der Waals surface area contributed by atoms with Crippen LogP contribution in [0.2, 0.25) is 0 Å². The van der Waals surface area contributed by atoms with Gasteiger partial charge in [0.2, 0.25) is 5.95 Å². The van der Waals surface area contributed by atoms with Crippen LogP contribution in [0.15, 0.2) is 12.1 Å². The zero-order valence-electron chi connectivity index (χ0n) is 11.8. The van der Waals surface area contributed by atoms with Crippen LogP contribution in [0.5, 0.6) is 0 Å². The highest BCUT2D eigenvalue weighted by molar-refractivity contribution is 5.74. The van der Waals surface area contributed by atoms with E-state index in [0.29, 0.717) is 0 Å². The Hall–Kier alpha value is -1.58. The summed E-state index contributed by atoms with van der Waals surface area (Å²) >= 11 is 0. The minimum Gasteiger partial charge on any atom is -0.359 e. The average molecular weight is 258 g/mol. The van der Waals surface area contributed by atoms with E-state index in [1.165, 1.54) is 32.1 Å². The van der Waals surface area contributed by atoms with Crippen molar-refractivity contribution in [3.05, 3.63) is 17.8 Å². The van der Waals surface area contributed by atoms with Crippen molar-refractivity contribution in [1.82, 2.24) is 14.5 Å². The maximum atomic E-state index is 4.67. The van der Waals surface area contributed by atoms with Crippen LogP contribution in [0, 0.1) is 12.8 Å². The minimum absolute atomic E-state index is 0.778. The lowest BCUT2D eigenvalue weighted by molar-refractivity contribution is 0.323. The smallest absolute Gasteiger partial charge is 0.204 e. The molecule has 0 bridgehead atoms. The van der Waals surface area contributed by atoms with E-state index in [2.05, 4.69) is 25.9 Å². The Kier molecular flexibility index (Phi) is 3.40. The Morgan fingerprint density at radius 2 is 2.00 bits per heavy atom. The molecule has 0 radical (unpaired) electrons. The molecule has 1 saturated carbocycles. The van der Waals surface area contributed by atoms with Gasteiger partial charge in [-0.2, -0.15) is 0 Å². The summed E-state index contributed by atoms with van der Waals surface area (Å²) in [6.07, 6.45) is 6.83. The topological polar surface area (TPSA) is 42.7 Å². The molecule has 0 spiro atoms. The highest BCUT2D eigenvalue weighted by Gasteiger charge is 2.18. The Balaban J connectivity index is 1.97. The molecule has 19 heavy (non-hydrogen) atoms. The van der Waals surface area contributed by atoms with Crippen molar-refractivity contribution in [2.24, 2.45) is 5.92 Å². The lowest BCUT2D eigenvalue weighted by Crippen LogP contribution is -2.16. The van der Waals surface area contributed by atoms with Gasteiger partial charge in [-0.3, -0.25) is 4.57 Å². The Morgan fingerprint density at radius 1 is 1.21 bits per heavy atom. The molecular formula is C15H22N4. The molecule has 2 heterocycles. The first-order valence-electron chi connectivity index (χ1n) is 7.29. The molecule has 1 N–H and O–H groups in total. The zero-order chi connectivity index (χ0) is 13.2. The third-order valence-corrected chi connectivity index (χ3v) is 4.12. The lowest BCUT2D eigenvalue weighted by atomic mass is 9.89. The summed E-state index contributed by atoms with van der Waals surface area (Å²) in [4.78, 5) is 9.30. The Labute approximate surface area is 114 Å². The third-order valence-electron chi connectivity index (χ3n) is 4.12. The zero-order valence-corrected chi connectivity index (χ0v) is 11.8. The number of imidazole rings is 1. The number of hydrogen-bond acceptors (Lipinski definition) is 3. The number of fused-ring (bicyclic) bond motifs is 1. The molecule has 1 aliphatic carbocycles. The molecule has 3 rings (SSSR count). The molecule has 0 aromatic carbocycles. The van der Waals surface area contributed by atoms with Crippen molar-refractivity contribution in [2.45, 2.75) is 45.6 Å². The first-order chi connectivity index (χ1) is 9.28. The fraction of sp³-hybridized carbons (Fsp3) is 0.600. The lowest BCUT2D eigenvalue weighted by Gasteiger charge is -2.22. The van der Waals surface area contributed by atoms with Gasteiger partial charge >= 0.3 is 0 Å². The molecule has 4 nitrogen and oxygen atoms in total. The second-order valence-electron chi connectivity index (χ2n) is 5.60. The first kappa shape index (κ1) is 12.5. The predicted molar refractivity (Wildman–Crippen MR) is 78.4 cm³/mol. The molecule has 1 fully saturated rings. The van der Waals surface area contributed by atoms with Crippen LogP contribution in [0.25, 0.3) is 11.2 Å². The molecule has 1 aliphatic rings. The minimum atomic E-state index is 0.778. The summed E-state index contributed by atoms with van der Waals surface area (Å²) in [7, 11) is 1.94. The molecule has 102 valence electrons. The summed E-state index contributed by atoms with van der Waals surface area (Å²) in [5.74, 6) is 1.72. The molecule has 0 atom stereocenters. The van der Waals surface area contributed by atoms with Gasteiger partial charge in [-0.1, -0.05) is 19.3 Å². The normalized spacial score (nSPS) is 16.9. The van der Waals surface area contributed by atoms with Gasteiger partial charge in [0.05, 0.1) is 0 Å². The molecule has 0 amide bonds. The molecular weight excluding hydrogens is 236 g/mol. The van der Waals surface area contributed by atoms with E-state index < -0.39 is 0 Å². The van der Waals surface area contributed by atoms with Gasteiger partial charge in [-0.15, -0.1) is 0 Å². The quantitative estimate of drug-likeness (QED) is 0.918. The Bertz CT molecular complexity index is 567. The fourth-order valence-corrected chi connectivity index (χ4v) is 3.09. The predicted octanol–water partition coefficient (Wildman–Crippen LogP) is 3.36. The standard InChI is InChI=1S/C15H22N4/c1-11-8-9-13-14(17-11)19(15(16-2)18-13)10-12-6-4-3-5-7-12/h8-9,12H,3-7,10H2,1-2H3,(H,16,18). The van der Waals surface area contributed by atoms with Gasteiger partial charge < -0.3 is 5.32 Å². The fourth-order valence-electron chi connectivity index (χ4n) is 3.09. The van der Waals surface area contributed by atoms with Crippen molar-refractivity contribution in [3.63, 3.8) is 0 Å². The van der Waals surface area contributed by atoms with Gasteiger partial charge in [0, 0.05) is 19.3 Å². The van der Waals surface area contributed by atoms with E-state index in [0.717, 1.165) is 35.3 Å². The second-order valence-corrected chi connectivity index (χ2v) is 5.60. The summed E-state index contributed by atoms with van der Waals surface area (Å²) in [5.41, 5.74) is 3.07. The van der Waals surface area contributed by atoms with Crippen molar-refractivity contribution >= 4 is 17.1 Å². The van der Waals surface area contributed by atoms with Crippen LogP contribution in [0.3, 0.4) is 0 Å². The summed E-state index contributed by atoms with van der Waals surface area (Å²) in [6, 6.07) is 4.09. The van der Waals surface area contributed by atoms with Crippen LogP contribution < -0.4 is 5.32 Å². The molecule has 2 aromatic heterocycles. The maximum absolute atomic E-state index is 4.67. The molecule has 0 saturated heterocycles. The number of hydrogen-bond donors (Lipinski definition) is 1. The maximum Gasteiger partial charge on any atom is 0.204 e. The van der Waals surface area contributed by atoms with Gasteiger partial charge in [-0.25, -0.2) is 9.97 Å². The largest absolute Gasteiger partial charge is 0.359 e. The number of nitrogens with one attached hydrogen (secondary N) is 1. The van der Waals surface area contributed by atoms with Crippen molar-refractivity contribution in [3.8, 4) is 0 Å². The first-order valence-corrected chi connectivity index (χ1v) is 7.29. The molecule has 2 aromatic rings. The van der Waals surface area contributed by atoms with Crippen LogP contribution >= 0.6 is 0 Å². The van der Waals surface area contributed by atoms with Crippen LogP contribution in [-0.2, 0) is 6.54 Å². The molecule has 0 unspecified atom stereocenters. The second kappa shape index (κ2) is 5.19. The van der Waals surface area contributed by atoms with Gasteiger partial charge in [-0.05, 0) is 37.8 Å². The van der Waals surface area contributed by atoms with E-state index >= 15 is 0 Å². The van der Waals surface area contributed by atoms with Crippen LogP contribution in [0.1, 0.15) is 37.8 Å². The summed E-state index contributed by atoms with van der Waals surface area (Å²) in [6.45, 7) is 3.08. The van der Waals surface area contributed by atoms with Gasteiger partial charge in [0.1, 0.15) is 5.52 Å². The summed E-state index contributed by atoms with van der Waals surface area (Å²) in [5, 5.41) is 3.21. The van der Waals surface area contributed by atoms with E-state index in [4.69, 9.17) is 0 Å². The Morgan fingerprint density at radius 3 is 2.74 bits per heavy atom. The number of rotatable bonds is 3. The van der Waals surface area contributed by atoms with Crippen molar-refractivity contribution < 1.29 is 0 Å². The molecule has 4 heteroatoms. The van der Waals surface area contributed by atoms with Gasteiger partial charge in [0.25, 0.3) is 0 Å². The number of pyridine rings is 1.